The van der Waals surface area contributed by atoms with Gasteiger partial charge in [0, 0.05) is 23.3 Å². The van der Waals surface area contributed by atoms with Gasteiger partial charge >= 0.3 is 5.30 Å². The molecule has 3 aliphatic rings. The van der Waals surface area contributed by atoms with Crippen LogP contribution in [0.1, 0.15) is 61.3 Å². The Morgan fingerprint density at radius 3 is 2.90 bits per heavy atom. The molecule has 4 unspecified atom stereocenters. The van der Waals surface area contributed by atoms with Gasteiger partial charge in [-0.2, -0.15) is 0 Å². The van der Waals surface area contributed by atoms with Crippen molar-refractivity contribution in [1.82, 2.24) is 0 Å². The molecule has 4 atom stereocenters. The van der Waals surface area contributed by atoms with Crippen molar-refractivity contribution in [3.63, 3.8) is 0 Å². The van der Waals surface area contributed by atoms with Crippen LogP contribution in [0.5, 0.6) is 5.75 Å². The molecule has 5 rings (SSSR count). The first kappa shape index (κ1) is 20.9. The van der Waals surface area contributed by atoms with Crippen LogP contribution in [-0.2, 0) is 17.6 Å². The number of carbonyl (C=O) groups is 1. The van der Waals surface area contributed by atoms with Gasteiger partial charge in [-0.25, -0.2) is 4.79 Å². The summed E-state index contributed by atoms with van der Waals surface area (Å²) in [5, 5.41) is -0.232. The van der Waals surface area contributed by atoms with E-state index in [4.69, 9.17) is 15.2 Å². The fourth-order valence-corrected chi connectivity index (χ4v) is 6.37. The maximum absolute atomic E-state index is 11.9. The molecular formula is C26H31NO3S. The van der Waals surface area contributed by atoms with Gasteiger partial charge in [-0.15, -0.1) is 0 Å². The molecule has 0 aromatic heterocycles. The van der Waals surface area contributed by atoms with Crippen LogP contribution in [0.15, 0.2) is 47.4 Å². The molecule has 1 aliphatic heterocycles. The third-order valence-electron chi connectivity index (χ3n) is 7.07. The third kappa shape index (κ3) is 4.78. The van der Waals surface area contributed by atoms with E-state index < -0.39 is 0 Å². The highest BCUT2D eigenvalue weighted by Crippen LogP contribution is 2.44. The minimum absolute atomic E-state index is 0.0523. The molecule has 0 radical (unpaired) electrons. The molecule has 5 heteroatoms. The van der Waals surface area contributed by atoms with E-state index in [1.54, 1.807) is 0 Å². The van der Waals surface area contributed by atoms with Gasteiger partial charge in [-0.1, -0.05) is 49.6 Å². The fraction of sp³-hybridized carbons (Fsp3) is 0.500. The molecule has 0 bridgehead atoms. The van der Waals surface area contributed by atoms with Crippen LogP contribution < -0.4 is 10.5 Å². The van der Waals surface area contributed by atoms with E-state index in [0.29, 0.717) is 24.5 Å². The van der Waals surface area contributed by atoms with Crippen molar-refractivity contribution in [3.05, 3.63) is 59.2 Å². The van der Waals surface area contributed by atoms with Gasteiger partial charge in [-0.05, 0) is 72.2 Å². The topological polar surface area (TPSA) is 61.5 Å². The molecule has 2 aromatic carbocycles. The second kappa shape index (κ2) is 9.25. The summed E-state index contributed by atoms with van der Waals surface area (Å²) >= 11 is 1.17. The Hall–Kier alpha value is -1.98. The van der Waals surface area contributed by atoms with Gasteiger partial charge in [0.15, 0.2) is 0 Å². The zero-order valence-corrected chi connectivity index (χ0v) is 18.7. The van der Waals surface area contributed by atoms with Crippen molar-refractivity contribution in [3.8, 4) is 5.75 Å². The van der Waals surface area contributed by atoms with Crippen molar-refractivity contribution < 1.29 is 14.3 Å². The smallest absolute Gasteiger partial charge is 0.372 e. The lowest BCUT2D eigenvalue weighted by Gasteiger charge is -2.27. The Labute approximate surface area is 188 Å². The first-order chi connectivity index (χ1) is 15.2. The van der Waals surface area contributed by atoms with Gasteiger partial charge in [-0.3, -0.25) is 0 Å². The molecule has 31 heavy (non-hydrogen) atoms. The Bertz CT molecular complexity index is 946. The van der Waals surface area contributed by atoms with Gasteiger partial charge < -0.3 is 15.2 Å². The largest absolute Gasteiger partial charge is 0.485 e. The van der Waals surface area contributed by atoms with Crippen molar-refractivity contribution in [1.29, 1.82) is 0 Å². The number of rotatable bonds is 4. The number of carbonyl (C=O) groups excluding carboxylic acids is 1. The van der Waals surface area contributed by atoms with Crippen LogP contribution in [0, 0.1) is 11.8 Å². The number of ether oxygens (including phenoxy) is 2. The number of cyclic esters (lactones) is 1. The third-order valence-corrected chi connectivity index (χ3v) is 7.95. The Balaban J connectivity index is 1.38. The molecular weight excluding hydrogens is 406 g/mol. The summed E-state index contributed by atoms with van der Waals surface area (Å²) < 4.78 is 11.9. The maximum atomic E-state index is 11.9. The molecule has 0 amide bonds. The highest BCUT2D eigenvalue weighted by molar-refractivity contribution is 8.13. The summed E-state index contributed by atoms with van der Waals surface area (Å²) in [6, 6.07) is 15.2. The van der Waals surface area contributed by atoms with Gasteiger partial charge in [0.05, 0.1) is 6.61 Å². The van der Waals surface area contributed by atoms with Crippen LogP contribution >= 0.6 is 11.8 Å². The Morgan fingerprint density at radius 2 is 1.97 bits per heavy atom. The van der Waals surface area contributed by atoms with E-state index in [0.717, 1.165) is 41.9 Å². The number of fused-ring (bicyclic) bond motifs is 2. The lowest BCUT2D eigenvalue weighted by molar-refractivity contribution is 0.127. The van der Waals surface area contributed by atoms with Gasteiger partial charge in [0.1, 0.15) is 11.9 Å². The molecule has 4 nitrogen and oxygen atoms in total. The number of thioether (sulfide) groups is 1. The zero-order valence-electron chi connectivity index (χ0n) is 17.9. The summed E-state index contributed by atoms with van der Waals surface area (Å²) in [7, 11) is 0. The summed E-state index contributed by atoms with van der Waals surface area (Å²) in [6.45, 7) is 0.445. The number of benzene rings is 2. The highest BCUT2D eigenvalue weighted by atomic mass is 32.2. The van der Waals surface area contributed by atoms with Crippen molar-refractivity contribution in [2.24, 2.45) is 17.6 Å². The lowest BCUT2D eigenvalue weighted by Crippen LogP contribution is -2.24. The van der Waals surface area contributed by atoms with Crippen LogP contribution in [0.4, 0.5) is 4.79 Å². The van der Waals surface area contributed by atoms with E-state index in [-0.39, 0.29) is 11.4 Å². The Morgan fingerprint density at radius 1 is 1.10 bits per heavy atom. The number of nitrogens with two attached hydrogens (primary N) is 1. The zero-order chi connectivity index (χ0) is 21.2. The van der Waals surface area contributed by atoms with E-state index in [9.17, 15) is 4.79 Å². The fourth-order valence-electron chi connectivity index (χ4n) is 5.57. The second-order valence-corrected chi connectivity index (χ2v) is 10.3. The molecule has 1 heterocycles. The predicted octanol–water partition coefficient (Wildman–Crippen LogP) is 6.06. The Kier molecular flexibility index (Phi) is 6.24. The minimum Gasteiger partial charge on any atom is -0.485 e. The van der Waals surface area contributed by atoms with E-state index in [2.05, 4.69) is 36.4 Å². The predicted molar refractivity (Wildman–Crippen MR) is 124 cm³/mol. The highest BCUT2D eigenvalue weighted by Gasteiger charge is 2.36. The van der Waals surface area contributed by atoms with Crippen molar-refractivity contribution in [2.75, 3.05) is 6.61 Å². The quantitative estimate of drug-likeness (QED) is 0.465. The molecule has 1 saturated carbocycles. The molecule has 0 saturated heterocycles. The summed E-state index contributed by atoms with van der Waals surface area (Å²) in [5.41, 5.74) is 10.2. The van der Waals surface area contributed by atoms with Crippen molar-refractivity contribution >= 4 is 17.1 Å². The molecule has 2 aliphatic carbocycles. The summed E-state index contributed by atoms with van der Waals surface area (Å²) in [6.07, 6.45) is 9.18. The van der Waals surface area contributed by atoms with Gasteiger partial charge in [0.25, 0.3) is 0 Å². The molecule has 2 aromatic rings. The number of hydrogen-bond acceptors (Lipinski definition) is 5. The normalized spacial score (nSPS) is 28.1. The SMILES string of the molecule is NC1CCCCC(CC2Cc3ccccc3C2Oc2ccc3c(c2)SC(=O)OCC3)C1. The summed E-state index contributed by atoms with van der Waals surface area (Å²) in [4.78, 5) is 12.8. The molecule has 2 N–H and O–H groups in total. The monoisotopic (exact) mass is 437 g/mol. The first-order valence-corrected chi connectivity index (χ1v) is 12.4. The first-order valence-electron chi connectivity index (χ1n) is 11.6. The number of hydrogen-bond donors (Lipinski definition) is 1. The van der Waals surface area contributed by atoms with Crippen molar-refractivity contribution in [2.45, 2.75) is 68.4 Å². The van der Waals surface area contributed by atoms with Crippen LogP contribution in [0.3, 0.4) is 0 Å². The average molecular weight is 438 g/mol. The standard InChI is InChI=1S/C26H31NO3S/c27-21-7-3-1-5-17(14-21)13-20-15-19-6-2-4-8-23(19)25(20)30-22-10-9-18-11-12-29-26(28)31-24(18)16-22/h2,4,6,8-10,16-17,20-21,25H,1,3,5,7,11-15,27H2. The van der Waals surface area contributed by atoms with E-state index >= 15 is 0 Å². The minimum atomic E-state index is -0.232. The maximum Gasteiger partial charge on any atom is 0.372 e. The lowest BCUT2D eigenvalue weighted by atomic mass is 9.85. The molecule has 1 fully saturated rings. The van der Waals surface area contributed by atoms with Crippen LogP contribution in [0.2, 0.25) is 0 Å². The average Bonchev–Trinajstić information content (AvgIpc) is 2.87. The summed E-state index contributed by atoms with van der Waals surface area (Å²) in [5.74, 6) is 1.98. The van der Waals surface area contributed by atoms with Crippen LogP contribution in [-0.4, -0.2) is 18.0 Å². The van der Waals surface area contributed by atoms with E-state index in [1.807, 2.05) is 6.07 Å². The molecule has 164 valence electrons. The van der Waals surface area contributed by atoms with Crippen LogP contribution in [0.25, 0.3) is 0 Å². The second-order valence-electron chi connectivity index (χ2n) is 9.30. The molecule has 0 spiro atoms. The van der Waals surface area contributed by atoms with E-state index in [1.165, 1.54) is 48.6 Å². The van der Waals surface area contributed by atoms with Gasteiger partial charge in [0.2, 0.25) is 0 Å².